The lowest BCUT2D eigenvalue weighted by atomic mass is 10.2. The van der Waals surface area contributed by atoms with Crippen molar-refractivity contribution in [2.45, 2.75) is 25.4 Å². The predicted molar refractivity (Wildman–Crippen MR) is 120 cm³/mol. The first-order chi connectivity index (χ1) is 14.3. The van der Waals surface area contributed by atoms with Crippen molar-refractivity contribution in [2.24, 2.45) is 0 Å². The number of carbonyl (C=O) groups excluding carboxylic acids is 1. The molecule has 0 spiro atoms. The third-order valence-electron chi connectivity index (χ3n) is 4.84. The van der Waals surface area contributed by atoms with E-state index in [-0.39, 0.29) is 18.4 Å². The van der Waals surface area contributed by atoms with Crippen molar-refractivity contribution in [3.8, 4) is 9.88 Å². The maximum atomic E-state index is 13.3. The summed E-state index contributed by atoms with van der Waals surface area (Å²) in [5.41, 5.74) is 1.73. The zero-order valence-electron chi connectivity index (χ0n) is 15.6. The molecule has 5 nitrogen and oxygen atoms in total. The van der Waals surface area contributed by atoms with Gasteiger partial charge in [-0.05, 0) is 36.4 Å². The zero-order valence-corrected chi connectivity index (χ0v) is 18.1. The Hall–Kier alpha value is -2.13. The molecule has 0 N–H and O–H groups in total. The van der Waals surface area contributed by atoms with Gasteiger partial charge in [0.1, 0.15) is 5.01 Å². The summed E-state index contributed by atoms with van der Waals surface area (Å²) in [6.45, 7) is 1.31. The van der Waals surface area contributed by atoms with Crippen LogP contribution in [-0.2, 0) is 16.0 Å². The predicted octanol–water partition coefficient (Wildman–Crippen LogP) is 5.24. The Kier molecular flexibility index (Phi) is 5.41. The van der Waals surface area contributed by atoms with E-state index in [1.54, 1.807) is 38.9 Å². The average molecular weight is 442 g/mol. The van der Waals surface area contributed by atoms with Crippen LogP contribution >= 0.6 is 34.0 Å². The van der Waals surface area contributed by atoms with Crippen LogP contribution in [0.4, 0.5) is 5.13 Å². The standard InChI is InChI=1S/C21H19N3O2S3/c25-19(11-14-13-28-20(22-14)18-8-4-10-27-18)24(12-15-5-3-9-26-15)21-23-16-6-1-2-7-17(16)29-21/h1-2,4,6-8,10,13,15H,3,5,9,11-12H2. The highest BCUT2D eigenvalue weighted by Gasteiger charge is 2.26. The molecule has 0 bridgehead atoms. The Morgan fingerprint density at radius 1 is 1.17 bits per heavy atom. The molecule has 148 valence electrons. The van der Waals surface area contributed by atoms with Gasteiger partial charge < -0.3 is 4.74 Å². The minimum atomic E-state index is 0.0163. The van der Waals surface area contributed by atoms with Crippen LogP contribution in [0.5, 0.6) is 0 Å². The van der Waals surface area contributed by atoms with E-state index in [1.165, 1.54) is 0 Å². The molecule has 4 aromatic rings. The Labute approximate surface area is 180 Å². The molecule has 1 saturated heterocycles. The minimum absolute atomic E-state index is 0.0163. The normalized spacial score (nSPS) is 16.5. The Morgan fingerprint density at radius 3 is 2.90 bits per heavy atom. The highest BCUT2D eigenvalue weighted by molar-refractivity contribution is 7.22. The summed E-state index contributed by atoms with van der Waals surface area (Å²) in [5.74, 6) is 0.0163. The molecule has 0 saturated carbocycles. The first-order valence-electron chi connectivity index (χ1n) is 9.52. The molecule has 1 aliphatic rings. The van der Waals surface area contributed by atoms with Crippen LogP contribution in [0.25, 0.3) is 20.1 Å². The highest BCUT2D eigenvalue weighted by Crippen LogP contribution is 2.31. The number of thiazole rings is 2. The summed E-state index contributed by atoms with van der Waals surface area (Å²) in [6.07, 6.45) is 2.37. The summed E-state index contributed by atoms with van der Waals surface area (Å²) in [7, 11) is 0. The fraction of sp³-hybridized carbons (Fsp3) is 0.286. The van der Waals surface area contributed by atoms with Crippen molar-refractivity contribution in [2.75, 3.05) is 18.1 Å². The number of carbonyl (C=O) groups is 1. The van der Waals surface area contributed by atoms with Gasteiger partial charge in [-0.2, -0.15) is 0 Å². The number of aromatic nitrogens is 2. The van der Waals surface area contributed by atoms with E-state index >= 15 is 0 Å². The second-order valence-corrected chi connectivity index (χ2v) is 9.72. The van der Waals surface area contributed by atoms with Gasteiger partial charge >= 0.3 is 0 Å². The fourth-order valence-electron chi connectivity index (χ4n) is 3.41. The molecule has 1 aliphatic heterocycles. The lowest BCUT2D eigenvalue weighted by Gasteiger charge is -2.22. The summed E-state index contributed by atoms with van der Waals surface area (Å²) in [5, 5.41) is 5.72. The smallest absolute Gasteiger partial charge is 0.234 e. The largest absolute Gasteiger partial charge is 0.376 e. The number of rotatable bonds is 6. The van der Waals surface area contributed by atoms with E-state index in [2.05, 4.69) is 11.1 Å². The third-order valence-corrected chi connectivity index (χ3v) is 7.83. The molecule has 1 fully saturated rings. The zero-order chi connectivity index (χ0) is 19.6. The van der Waals surface area contributed by atoms with E-state index in [0.29, 0.717) is 6.54 Å². The maximum absolute atomic E-state index is 13.3. The van der Waals surface area contributed by atoms with Crippen molar-refractivity contribution in [3.05, 3.63) is 52.9 Å². The molecule has 1 atom stereocenters. The van der Waals surface area contributed by atoms with Gasteiger partial charge in [0.05, 0.1) is 39.9 Å². The Morgan fingerprint density at radius 2 is 2.10 bits per heavy atom. The molecule has 1 amide bonds. The summed E-state index contributed by atoms with van der Waals surface area (Å²) >= 11 is 4.80. The van der Waals surface area contributed by atoms with E-state index < -0.39 is 0 Å². The first-order valence-corrected chi connectivity index (χ1v) is 12.1. The molecule has 5 rings (SSSR count). The van der Waals surface area contributed by atoms with E-state index in [9.17, 15) is 4.79 Å². The van der Waals surface area contributed by atoms with Gasteiger partial charge in [0, 0.05) is 12.0 Å². The Balaban J connectivity index is 1.39. The van der Waals surface area contributed by atoms with Crippen LogP contribution in [-0.4, -0.2) is 35.1 Å². The molecule has 1 unspecified atom stereocenters. The van der Waals surface area contributed by atoms with Gasteiger partial charge in [-0.15, -0.1) is 22.7 Å². The van der Waals surface area contributed by atoms with Crippen LogP contribution in [0.1, 0.15) is 18.5 Å². The van der Waals surface area contributed by atoms with Crippen LogP contribution in [0.3, 0.4) is 0 Å². The van der Waals surface area contributed by atoms with Gasteiger partial charge in [0.25, 0.3) is 0 Å². The van der Waals surface area contributed by atoms with Gasteiger partial charge in [-0.3, -0.25) is 9.69 Å². The topological polar surface area (TPSA) is 55.3 Å². The molecular weight excluding hydrogens is 422 g/mol. The molecule has 8 heteroatoms. The van der Waals surface area contributed by atoms with Crippen molar-refractivity contribution < 1.29 is 9.53 Å². The second-order valence-electron chi connectivity index (χ2n) is 6.90. The number of hydrogen-bond donors (Lipinski definition) is 0. The van der Waals surface area contributed by atoms with Crippen molar-refractivity contribution in [3.63, 3.8) is 0 Å². The number of anilines is 1. The molecule has 3 aromatic heterocycles. The van der Waals surface area contributed by atoms with Crippen LogP contribution in [0.2, 0.25) is 0 Å². The van der Waals surface area contributed by atoms with Crippen LogP contribution in [0.15, 0.2) is 47.2 Å². The summed E-state index contributed by atoms with van der Waals surface area (Å²) in [4.78, 5) is 25.6. The first kappa shape index (κ1) is 18.9. The van der Waals surface area contributed by atoms with Crippen LogP contribution < -0.4 is 4.90 Å². The number of para-hydroxylation sites is 1. The quantitative estimate of drug-likeness (QED) is 0.411. The third kappa shape index (κ3) is 4.11. The summed E-state index contributed by atoms with van der Waals surface area (Å²) in [6, 6.07) is 12.1. The van der Waals surface area contributed by atoms with E-state index in [1.807, 2.05) is 41.1 Å². The maximum Gasteiger partial charge on any atom is 0.234 e. The molecule has 1 aromatic carbocycles. The highest BCUT2D eigenvalue weighted by atomic mass is 32.1. The van der Waals surface area contributed by atoms with Crippen molar-refractivity contribution >= 4 is 55.3 Å². The number of nitrogens with zero attached hydrogens (tertiary/aromatic N) is 3. The van der Waals surface area contributed by atoms with Gasteiger partial charge in [0.15, 0.2) is 5.13 Å². The lowest BCUT2D eigenvalue weighted by molar-refractivity contribution is -0.118. The van der Waals surface area contributed by atoms with Crippen molar-refractivity contribution in [1.82, 2.24) is 9.97 Å². The summed E-state index contributed by atoms with van der Waals surface area (Å²) < 4.78 is 6.89. The molecule has 0 aliphatic carbocycles. The van der Waals surface area contributed by atoms with E-state index in [4.69, 9.17) is 9.72 Å². The molecular formula is C21H19N3O2S3. The SMILES string of the molecule is O=C(Cc1csc(-c2cccs2)n1)N(CC1CCCO1)c1nc2ccccc2s1. The number of ether oxygens (including phenoxy) is 1. The minimum Gasteiger partial charge on any atom is -0.376 e. The number of hydrogen-bond acceptors (Lipinski definition) is 7. The lowest BCUT2D eigenvalue weighted by Crippen LogP contribution is -2.38. The molecule has 0 radical (unpaired) electrons. The number of amides is 1. The number of fused-ring (bicyclic) bond motifs is 1. The fourth-order valence-corrected chi connectivity index (χ4v) is 6.03. The van der Waals surface area contributed by atoms with Gasteiger partial charge in [-0.25, -0.2) is 9.97 Å². The van der Waals surface area contributed by atoms with E-state index in [0.717, 1.165) is 50.4 Å². The Bertz CT molecular complexity index is 1080. The molecule has 4 heterocycles. The van der Waals surface area contributed by atoms with Crippen molar-refractivity contribution in [1.29, 1.82) is 0 Å². The molecule has 29 heavy (non-hydrogen) atoms. The van der Waals surface area contributed by atoms with Gasteiger partial charge in [-0.1, -0.05) is 29.5 Å². The van der Waals surface area contributed by atoms with Gasteiger partial charge in [0.2, 0.25) is 5.91 Å². The second kappa shape index (κ2) is 8.31. The number of benzene rings is 1. The number of thiophene rings is 1. The monoisotopic (exact) mass is 441 g/mol. The average Bonchev–Trinajstić information content (AvgIpc) is 3.53. The van der Waals surface area contributed by atoms with Crippen LogP contribution in [0, 0.1) is 0 Å².